The zero-order valence-corrected chi connectivity index (χ0v) is 11.8. The van der Waals surface area contributed by atoms with Gasteiger partial charge in [0.25, 0.3) is 5.91 Å². The fourth-order valence-corrected chi connectivity index (χ4v) is 2.48. The van der Waals surface area contributed by atoms with Crippen LogP contribution >= 0.6 is 0 Å². The van der Waals surface area contributed by atoms with E-state index in [-0.39, 0.29) is 23.4 Å². The number of hydrogen-bond acceptors (Lipinski definition) is 6. The average Bonchev–Trinajstić information content (AvgIpc) is 3.06. The second-order valence-electron chi connectivity index (χ2n) is 5.18. The summed E-state index contributed by atoms with van der Waals surface area (Å²) in [6.45, 7) is 3.62. The number of hydrogen-bond donors (Lipinski definition) is 3. The van der Waals surface area contributed by atoms with Crippen LogP contribution in [-0.4, -0.2) is 30.2 Å². The van der Waals surface area contributed by atoms with Gasteiger partial charge in [-0.15, -0.1) is 0 Å². The summed E-state index contributed by atoms with van der Waals surface area (Å²) in [5.74, 6) is 0.940. The number of aromatic nitrogens is 1. The summed E-state index contributed by atoms with van der Waals surface area (Å²) in [7, 11) is 0. The lowest BCUT2D eigenvalue weighted by atomic mass is 10.1. The van der Waals surface area contributed by atoms with Crippen LogP contribution in [0.4, 0.5) is 5.88 Å². The smallest absolute Gasteiger partial charge is 0.259 e. The van der Waals surface area contributed by atoms with E-state index >= 15 is 0 Å². The highest BCUT2D eigenvalue weighted by atomic mass is 16.5. The maximum atomic E-state index is 12.4. The van der Waals surface area contributed by atoms with Crippen LogP contribution in [0.1, 0.15) is 29.0 Å². The van der Waals surface area contributed by atoms with E-state index in [1.165, 1.54) is 0 Å². The van der Waals surface area contributed by atoms with Crippen molar-refractivity contribution < 1.29 is 13.7 Å². The van der Waals surface area contributed by atoms with Crippen molar-refractivity contribution in [2.24, 2.45) is 0 Å². The molecule has 1 aliphatic heterocycles. The molecule has 0 atom stereocenters. The number of rotatable bonds is 3. The van der Waals surface area contributed by atoms with Crippen molar-refractivity contribution >= 4 is 11.8 Å². The van der Waals surface area contributed by atoms with Crippen molar-refractivity contribution in [2.75, 3.05) is 18.8 Å². The molecule has 0 saturated carbocycles. The Morgan fingerprint density at radius 2 is 2.19 bits per heavy atom. The molecule has 0 spiro atoms. The third kappa shape index (κ3) is 2.78. The molecule has 2 aromatic rings. The van der Waals surface area contributed by atoms with Crippen LogP contribution in [0, 0.1) is 6.92 Å². The number of furan rings is 1. The molecule has 0 bridgehead atoms. The van der Waals surface area contributed by atoms with Crippen molar-refractivity contribution in [3.05, 3.63) is 23.5 Å². The SMILES string of the molecule is Cc1ccc(-c2noc(N)c2C(=O)NC2CCNCC2)o1. The molecule has 1 saturated heterocycles. The monoisotopic (exact) mass is 290 g/mol. The standard InChI is InChI=1S/C14H18N4O3/c1-8-2-3-10(20-8)12-11(13(15)21-18-12)14(19)17-9-4-6-16-7-5-9/h2-3,9,16H,4-7,15H2,1H3,(H,17,19). The first-order valence-corrected chi connectivity index (χ1v) is 6.98. The predicted molar refractivity (Wildman–Crippen MR) is 76.7 cm³/mol. The van der Waals surface area contributed by atoms with E-state index in [1.54, 1.807) is 12.1 Å². The minimum Gasteiger partial charge on any atom is -0.460 e. The third-order valence-corrected chi connectivity index (χ3v) is 3.59. The Bertz CT molecular complexity index is 640. The highest BCUT2D eigenvalue weighted by Crippen LogP contribution is 2.28. The molecule has 0 aliphatic carbocycles. The first kappa shape index (κ1) is 13.7. The number of aryl methyl sites for hydroxylation is 1. The van der Waals surface area contributed by atoms with Crippen molar-refractivity contribution in [1.29, 1.82) is 0 Å². The summed E-state index contributed by atoms with van der Waals surface area (Å²) in [6, 6.07) is 3.68. The van der Waals surface area contributed by atoms with Gasteiger partial charge in [0.2, 0.25) is 5.88 Å². The van der Waals surface area contributed by atoms with E-state index in [2.05, 4.69) is 15.8 Å². The number of amides is 1. The molecule has 1 aliphatic rings. The molecule has 4 N–H and O–H groups in total. The Kier molecular flexibility index (Phi) is 3.66. The number of nitrogen functional groups attached to an aromatic ring is 1. The van der Waals surface area contributed by atoms with Gasteiger partial charge in [0, 0.05) is 6.04 Å². The van der Waals surface area contributed by atoms with E-state index in [0.29, 0.717) is 11.5 Å². The minimum atomic E-state index is -0.273. The Morgan fingerprint density at radius 3 is 2.86 bits per heavy atom. The van der Waals surface area contributed by atoms with Crippen molar-refractivity contribution in [3.8, 4) is 11.5 Å². The molecule has 7 nitrogen and oxygen atoms in total. The lowest BCUT2D eigenvalue weighted by Crippen LogP contribution is -2.42. The van der Waals surface area contributed by atoms with Crippen LogP contribution in [0.15, 0.2) is 21.1 Å². The largest absolute Gasteiger partial charge is 0.460 e. The van der Waals surface area contributed by atoms with Gasteiger partial charge < -0.3 is 25.3 Å². The number of anilines is 1. The number of nitrogens with zero attached hydrogens (tertiary/aromatic N) is 1. The van der Waals surface area contributed by atoms with Gasteiger partial charge in [-0.1, -0.05) is 5.16 Å². The molecule has 0 aromatic carbocycles. The summed E-state index contributed by atoms with van der Waals surface area (Å²) < 4.78 is 10.5. The Morgan fingerprint density at radius 1 is 1.43 bits per heavy atom. The molecule has 1 fully saturated rings. The number of nitrogens with one attached hydrogen (secondary N) is 2. The zero-order chi connectivity index (χ0) is 14.8. The van der Waals surface area contributed by atoms with Gasteiger partial charge in [-0.05, 0) is 45.0 Å². The van der Waals surface area contributed by atoms with Crippen LogP contribution in [0.3, 0.4) is 0 Å². The van der Waals surface area contributed by atoms with E-state index in [4.69, 9.17) is 14.7 Å². The summed E-state index contributed by atoms with van der Waals surface area (Å²) in [5, 5.41) is 10.1. The topological polar surface area (TPSA) is 106 Å². The van der Waals surface area contributed by atoms with Crippen LogP contribution < -0.4 is 16.4 Å². The van der Waals surface area contributed by atoms with Gasteiger partial charge in [0.05, 0.1) is 0 Å². The predicted octanol–water partition coefficient (Wildman–Crippen LogP) is 1.31. The first-order valence-electron chi connectivity index (χ1n) is 6.98. The molecular weight excluding hydrogens is 272 g/mol. The van der Waals surface area contributed by atoms with E-state index < -0.39 is 0 Å². The summed E-state index contributed by atoms with van der Waals surface area (Å²) >= 11 is 0. The average molecular weight is 290 g/mol. The van der Waals surface area contributed by atoms with Crippen LogP contribution in [-0.2, 0) is 0 Å². The fourth-order valence-electron chi connectivity index (χ4n) is 2.48. The van der Waals surface area contributed by atoms with E-state index in [0.717, 1.165) is 31.7 Å². The number of piperidine rings is 1. The molecule has 1 amide bonds. The van der Waals surface area contributed by atoms with Gasteiger partial charge in [0.15, 0.2) is 11.5 Å². The van der Waals surface area contributed by atoms with Gasteiger partial charge >= 0.3 is 0 Å². The quantitative estimate of drug-likeness (QED) is 0.787. The zero-order valence-electron chi connectivity index (χ0n) is 11.8. The normalized spacial score (nSPS) is 16.0. The van der Waals surface area contributed by atoms with E-state index in [9.17, 15) is 4.79 Å². The number of carbonyl (C=O) groups is 1. The second-order valence-corrected chi connectivity index (χ2v) is 5.18. The molecule has 112 valence electrons. The van der Waals surface area contributed by atoms with Crippen LogP contribution in [0.5, 0.6) is 0 Å². The number of nitrogens with two attached hydrogens (primary N) is 1. The highest BCUT2D eigenvalue weighted by Gasteiger charge is 2.26. The molecule has 3 heterocycles. The Hall–Kier alpha value is -2.28. The lowest BCUT2D eigenvalue weighted by Gasteiger charge is -2.23. The molecule has 0 radical (unpaired) electrons. The van der Waals surface area contributed by atoms with Gasteiger partial charge in [-0.3, -0.25) is 4.79 Å². The molecule has 21 heavy (non-hydrogen) atoms. The van der Waals surface area contributed by atoms with Crippen molar-refractivity contribution in [1.82, 2.24) is 15.8 Å². The van der Waals surface area contributed by atoms with E-state index in [1.807, 2.05) is 6.92 Å². The van der Waals surface area contributed by atoms with Gasteiger partial charge in [-0.2, -0.15) is 0 Å². The second kappa shape index (κ2) is 5.61. The van der Waals surface area contributed by atoms with Crippen molar-refractivity contribution in [3.63, 3.8) is 0 Å². The number of carbonyl (C=O) groups excluding carboxylic acids is 1. The van der Waals surface area contributed by atoms with Crippen molar-refractivity contribution in [2.45, 2.75) is 25.8 Å². The molecular formula is C14H18N4O3. The maximum Gasteiger partial charge on any atom is 0.259 e. The summed E-state index contributed by atoms with van der Waals surface area (Å²) in [6.07, 6.45) is 1.79. The fraction of sp³-hybridized carbons (Fsp3) is 0.429. The third-order valence-electron chi connectivity index (χ3n) is 3.59. The summed E-state index contributed by atoms with van der Waals surface area (Å²) in [5.41, 5.74) is 6.33. The molecule has 3 rings (SSSR count). The Labute approximate surface area is 121 Å². The minimum absolute atomic E-state index is 0.00508. The molecule has 7 heteroatoms. The molecule has 0 unspecified atom stereocenters. The highest BCUT2D eigenvalue weighted by molar-refractivity contribution is 6.03. The Balaban J connectivity index is 1.84. The maximum absolute atomic E-state index is 12.4. The van der Waals surface area contributed by atoms with Gasteiger partial charge in [-0.25, -0.2) is 0 Å². The first-order chi connectivity index (χ1) is 10.1. The van der Waals surface area contributed by atoms with Crippen LogP contribution in [0.2, 0.25) is 0 Å². The van der Waals surface area contributed by atoms with Gasteiger partial charge in [0.1, 0.15) is 11.3 Å². The molecule has 2 aromatic heterocycles. The van der Waals surface area contributed by atoms with Crippen LogP contribution in [0.25, 0.3) is 11.5 Å². The summed E-state index contributed by atoms with van der Waals surface area (Å²) in [4.78, 5) is 12.4. The lowest BCUT2D eigenvalue weighted by molar-refractivity contribution is 0.0930.